The third-order valence-corrected chi connectivity index (χ3v) is 0.755. The van der Waals surface area contributed by atoms with Crippen LogP contribution in [0.3, 0.4) is 0 Å². The van der Waals surface area contributed by atoms with Crippen LogP contribution in [0.2, 0.25) is 0 Å². The Morgan fingerprint density at radius 2 is 2.29 bits per heavy atom. The Morgan fingerprint density at radius 1 is 1.57 bits per heavy atom. The van der Waals surface area contributed by atoms with Crippen LogP contribution < -0.4 is 0 Å². The summed E-state index contributed by atoms with van der Waals surface area (Å²) < 4.78 is 0. The van der Waals surface area contributed by atoms with Gasteiger partial charge in [0, 0.05) is 0 Å². The topological polar surface area (TPSA) is 35.5 Å². The maximum Gasteiger partial charge on any atom is 0.330 e. The highest BCUT2D eigenvalue weighted by atomic mass is 17.2. The Bertz CT molecular complexity index is 67.3. The lowest BCUT2D eigenvalue weighted by molar-refractivity contribution is -0.266. The molecule has 7 heavy (non-hydrogen) atoms. The Balaban J connectivity index is 1.88. The second-order valence-corrected chi connectivity index (χ2v) is 1.49. The lowest BCUT2D eigenvalue weighted by Crippen LogP contribution is -1.92. The maximum absolute atomic E-state index is 9.39. The molecule has 1 fully saturated rings. The van der Waals surface area contributed by atoms with Gasteiger partial charge in [0.2, 0.25) is 0 Å². The summed E-state index contributed by atoms with van der Waals surface area (Å²) in [6.45, 7) is 0.290. The van der Waals surface area contributed by atoms with E-state index in [9.17, 15) is 4.79 Å². The summed E-state index contributed by atoms with van der Waals surface area (Å²) in [5.74, 6) is 0. The molecule has 0 radical (unpaired) electrons. The van der Waals surface area contributed by atoms with Gasteiger partial charge in [-0.05, 0) is 12.8 Å². The van der Waals surface area contributed by atoms with Crippen LogP contribution >= 0.6 is 0 Å². The zero-order valence-corrected chi connectivity index (χ0v) is 3.79. The van der Waals surface area contributed by atoms with Gasteiger partial charge in [-0.1, -0.05) is 0 Å². The fraction of sp³-hybridized carbons (Fsp3) is 0.750. The summed E-state index contributed by atoms with van der Waals surface area (Å²) in [5, 5.41) is 0. The quantitative estimate of drug-likeness (QED) is 0.291. The van der Waals surface area contributed by atoms with E-state index in [4.69, 9.17) is 0 Å². The minimum Gasteiger partial charge on any atom is -0.302 e. The van der Waals surface area contributed by atoms with E-state index >= 15 is 0 Å². The third kappa shape index (κ3) is 1.55. The zero-order valence-electron chi connectivity index (χ0n) is 3.79. The van der Waals surface area contributed by atoms with E-state index in [1.165, 1.54) is 0 Å². The third-order valence-electron chi connectivity index (χ3n) is 0.755. The molecule has 0 aromatic carbocycles. The first-order valence-electron chi connectivity index (χ1n) is 2.19. The molecule has 1 rings (SSSR count). The predicted octanol–water partition coefficient (Wildman–Crippen LogP) is 0.253. The van der Waals surface area contributed by atoms with Crippen molar-refractivity contribution in [3.05, 3.63) is 0 Å². The summed E-state index contributed by atoms with van der Waals surface area (Å²) in [6, 6.07) is 0. The first-order chi connectivity index (χ1) is 3.43. The van der Waals surface area contributed by atoms with Crippen molar-refractivity contribution in [2.45, 2.75) is 18.9 Å². The lowest BCUT2D eigenvalue weighted by atomic mass is 10.9. The molecule has 0 aliphatic heterocycles. The number of carbonyl (C=O) groups is 1. The summed E-state index contributed by atoms with van der Waals surface area (Å²) in [4.78, 5) is 17.8. The molecule has 0 amide bonds. The standard InChI is InChI=1S/C4H6O3/c5-3-6-7-4-1-2-4/h3-4H,1-2H2. The minimum atomic E-state index is 0.199. The molecule has 0 spiro atoms. The number of hydrogen-bond acceptors (Lipinski definition) is 3. The van der Waals surface area contributed by atoms with Crippen LogP contribution in [-0.2, 0) is 14.6 Å². The normalized spacial score (nSPS) is 18.9. The fourth-order valence-electron chi connectivity index (χ4n) is 0.266. The summed E-state index contributed by atoms with van der Waals surface area (Å²) >= 11 is 0. The van der Waals surface area contributed by atoms with Crippen LogP contribution in [0, 0.1) is 0 Å². The van der Waals surface area contributed by atoms with Crippen LogP contribution in [0.1, 0.15) is 12.8 Å². The second-order valence-electron chi connectivity index (χ2n) is 1.49. The van der Waals surface area contributed by atoms with Crippen molar-refractivity contribution >= 4 is 6.47 Å². The highest BCUT2D eigenvalue weighted by Gasteiger charge is 2.23. The maximum atomic E-state index is 9.39. The lowest BCUT2D eigenvalue weighted by Gasteiger charge is -1.89. The Kier molecular flexibility index (Phi) is 1.26. The molecule has 0 aromatic rings. The van der Waals surface area contributed by atoms with Gasteiger partial charge >= 0.3 is 6.47 Å². The average molecular weight is 102 g/mol. The molecular formula is C4H6O3. The molecule has 0 unspecified atom stereocenters. The number of rotatable bonds is 3. The Labute approximate surface area is 41.1 Å². The molecular weight excluding hydrogens is 96.0 g/mol. The van der Waals surface area contributed by atoms with Crippen LogP contribution in [0.4, 0.5) is 0 Å². The monoisotopic (exact) mass is 102 g/mol. The molecule has 40 valence electrons. The first kappa shape index (κ1) is 4.59. The molecule has 0 aromatic heterocycles. The molecule has 0 atom stereocenters. The SMILES string of the molecule is O=COOC1CC1. The van der Waals surface area contributed by atoms with E-state index in [0.717, 1.165) is 12.8 Å². The summed E-state index contributed by atoms with van der Waals surface area (Å²) in [7, 11) is 0. The van der Waals surface area contributed by atoms with Gasteiger partial charge in [-0.25, -0.2) is 0 Å². The average Bonchev–Trinajstić information content (AvgIpc) is 2.42. The molecule has 0 saturated heterocycles. The molecule has 1 saturated carbocycles. The van der Waals surface area contributed by atoms with Gasteiger partial charge < -0.3 is 4.89 Å². The molecule has 0 N–H and O–H groups in total. The molecule has 1 aliphatic carbocycles. The van der Waals surface area contributed by atoms with Gasteiger partial charge in [0.05, 0.1) is 0 Å². The van der Waals surface area contributed by atoms with Crippen molar-refractivity contribution in [2.75, 3.05) is 0 Å². The van der Waals surface area contributed by atoms with Crippen molar-refractivity contribution in [1.29, 1.82) is 0 Å². The second kappa shape index (κ2) is 1.93. The van der Waals surface area contributed by atoms with Crippen molar-refractivity contribution in [3.8, 4) is 0 Å². The van der Waals surface area contributed by atoms with Crippen LogP contribution in [0.25, 0.3) is 0 Å². The summed E-state index contributed by atoms with van der Waals surface area (Å²) in [5.41, 5.74) is 0. The van der Waals surface area contributed by atoms with E-state index in [-0.39, 0.29) is 6.10 Å². The van der Waals surface area contributed by atoms with Gasteiger partial charge in [0.15, 0.2) is 0 Å². The van der Waals surface area contributed by atoms with E-state index in [1.54, 1.807) is 0 Å². The van der Waals surface area contributed by atoms with Gasteiger partial charge in [-0.15, -0.1) is 0 Å². The van der Waals surface area contributed by atoms with Crippen molar-refractivity contribution in [3.63, 3.8) is 0 Å². The molecule has 0 heterocycles. The van der Waals surface area contributed by atoms with Gasteiger partial charge in [0.25, 0.3) is 0 Å². The van der Waals surface area contributed by atoms with Crippen LogP contribution in [0.5, 0.6) is 0 Å². The van der Waals surface area contributed by atoms with E-state index in [1.807, 2.05) is 0 Å². The van der Waals surface area contributed by atoms with Gasteiger partial charge in [0.1, 0.15) is 6.10 Å². The molecule has 3 heteroatoms. The predicted molar refractivity (Wildman–Crippen MR) is 21.3 cm³/mol. The van der Waals surface area contributed by atoms with Gasteiger partial charge in [-0.3, -0.25) is 4.79 Å². The smallest absolute Gasteiger partial charge is 0.302 e. The van der Waals surface area contributed by atoms with Crippen LogP contribution in [-0.4, -0.2) is 12.6 Å². The van der Waals surface area contributed by atoms with Crippen molar-refractivity contribution < 1.29 is 14.6 Å². The van der Waals surface area contributed by atoms with Crippen molar-refractivity contribution in [2.24, 2.45) is 0 Å². The van der Waals surface area contributed by atoms with Crippen molar-refractivity contribution in [1.82, 2.24) is 0 Å². The first-order valence-corrected chi connectivity index (χ1v) is 2.19. The zero-order chi connectivity index (χ0) is 5.11. The van der Waals surface area contributed by atoms with E-state index < -0.39 is 0 Å². The molecule has 1 aliphatic rings. The molecule has 0 bridgehead atoms. The highest BCUT2D eigenvalue weighted by molar-refractivity contribution is 5.35. The minimum absolute atomic E-state index is 0.199. The number of carbonyl (C=O) groups excluding carboxylic acids is 1. The van der Waals surface area contributed by atoms with E-state index in [2.05, 4.69) is 9.78 Å². The van der Waals surface area contributed by atoms with Crippen LogP contribution in [0.15, 0.2) is 0 Å². The molecule has 3 nitrogen and oxygen atoms in total. The van der Waals surface area contributed by atoms with E-state index in [0.29, 0.717) is 6.47 Å². The summed E-state index contributed by atoms with van der Waals surface area (Å²) in [6.07, 6.45) is 2.24. The highest BCUT2D eigenvalue weighted by Crippen LogP contribution is 2.22. The fourth-order valence-corrected chi connectivity index (χ4v) is 0.266. The largest absolute Gasteiger partial charge is 0.330 e. The number of hydrogen-bond donors (Lipinski definition) is 0. The van der Waals surface area contributed by atoms with Gasteiger partial charge in [-0.2, -0.15) is 4.89 Å². The Hall–Kier alpha value is -0.570. The Morgan fingerprint density at radius 3 is 2.71 bits per heavy atom.